The highest BCUT2D eigenvalue weighted by molar-refractivity contribution is 9.09. The van der Waals surface area contributed by atoms with Gasteiger partial charge < -0.3 is 5.32 Å². The van der Waals surface area contributed by atoms with Crippen LogP contribution in [-0.4, -0.2) is 28.8 Å². The number of carbonyl (C=O) groups excluding carboxylic acids is 1. The van der Waals surface area contributed by atoms with Crippen LogP contribution in [0.4, 0.5) is 0 Å². The summed E-state index contributed by atoms with van der Waals surface area (Å²) < 4.78 is 0. The van der Waals surface area contributed by atoms with Crippen LogP contribution in [0.5, 0.6) is 0 Å². The molecule has 0 bridgehead atoms. The number of amides is 1. The molecule has 0 heterocycles. The SMILES string of the molecule is CCC(CC)(CBr)NC(=O)CSC. The molecule has 1 N–H and O–H groups in total. The number of alkyl halides is 1. The van der Waals surface area contributed by atoms with Crippen LogP contribution in [0.15, 0.2) is 0 Å². The largest absolute Gasteiger partial charge is 0.349 e. The van der Waals surface area contributed by atoms with E-state index in [0.29, 0.717) is 5.75 Å². The minimum atomic E-state index is -0.0488. The lowest BCUT2D eigenvalue weighted by Gasteiger charge is -2.30. The van der Waals surface area contributed by atoms with Crippen LogP contribution in [0.25, 0.3) is 0 Å². The van der Waals surface area contributed by atoms with Crippen LogP contribution >= 0.6 is 27.7 Å². The highest BCUT2D eigenvalue weighted by Gasteiger charge is 2.26. The molecule has 0 aromatic carbocycles. The number of carbonyl (C=O) groups is 1. The molecule has 0 saturated heterocycles. The van der Waals surface area contributed by atoms with E-state index in [2.05, 4.69) is 35.1 Å². The molecule has 0 saturated carbocycles. The van der Waals surface area contributed by atoms with Gasteiger partial charge in [-0.2, -0.15) is 11.8 Å². The van der Waals surface area contributed by atoms with Crippen molar-refractivity contribution in [3.05, 3.63) is 0 Å². The Labute approximate surface area is 93.4 Å². The standard InChI is InChI=1S/C9H18BrNOS/c1-4-9(5-2,7-10)11-8(12)6-13-3/h4-7H2,1-3H3,(H,11,12). The summed E-state index contributed by atoms with van der Waals surface area (Å²) in [7, 11) is 0. The number of hydrogen-bond acceptors (Lipinski definition) is 2. The minimum absolute atomic E-state index is 0.0488. The summed E-state index contributed by atoms with van der Waals surface area (Å²) in [6.07, 6.45) is 3.87. The van der Waals surface area contributed by atoms with Gasteiger partial charge in [0.1, 0.15) is 0 Å². The van der Waals surface area contributed by atoms with Gasteiger partial charge in [0, 0.05) is 10.9 Å². The monoisotopic (exact) mass is 267 g/mol. The smallest absolute Gasteiger partial charge is 0.230 e. The van der Waals surface area contributed by atoms with Crippen LogP contribution in [0.2, 0.25) is 0 Å². The Bertz CT molecular complexity index is 151. The van der Waals surface area contributed by atoms with Gasteiger partial charge in [-0.3, -0.25) is 4.79 Å². The third kappa shape index (κ3) is 4.36. The van der Waals surface area contributed by atoms with E-state index in [1.165, 1.54) is 0 Å². The molecule has 0 aliphatic carbocycles. The zero-order valence-corrected chi connectivity index (χ0v) is 10.9. The molecule has 13 heavy (non-hydrogen) atoms. The summed E-state index contributed by atoms with van der Waals surface area (Å²) in [5.41, 5.74) is -0.0488. The number of rotatable bonds is 6. The molecule has 0 spiro atoms. The second kappa shape index (κ2) is 6.71. The van der Waals surface area contributed by atoms with Gasteiger partial charge in [-0.15, -0.1) is 0 Å². The van der Waals surface area contributed by atoms with Gasteiger partial charge in [0.2, 0.25) is 5.91 Å². The quantitative estimate of drug-likeness (QED) is 0.749. The van der Waals surface area contributed by atoms with Crippen LogP contribution < -0.4 is 5.32 Å². The fourth-order valence-corrected chi connectivity index (χ4v) is 2.38. The highest BCUT2D eigenvalue weighted by Crippen LogP contribution is 2.17. The molecule has 0 radical (unpaired) electrons. The van der Waals surface area contributed by atoms with Crippen LogP contribution in [0.1, 0.15) is 26.7 Å². The molecule has 0 atom stereocenters. The van der Waals surface area contributed by atoms with Crippen molar-refractivity contribution in [1.29, 1.82) is 0 Å². The number of thioether (sulfide) groups is 1. The molecule has 1 amide bonds. The fraction of sp³-hybridized carbons (Fsp3) is 0.889. The van der Waals surface area contributed by atoms with Crippen LogP contribution in [0.3, 0.4) is 0 Å². The van der Waals surface area contributed by atoms with Gasteiger partial charge in [-0.1, -0.05) is 29.8 Å². The first kappa shape index (κ1) is 13.3. The molecule has 0 aliphatic heterocycles. The van der Waals surface area contributed by atoms with Crippen molar-refractivity contribution >= 4 is 33.6 Å². The predicted molar refractivity (Wildman–Crippen MR) is 63.6 cm³/mol. The van der Waals surface area contributed by atoms with Crippen molar-refractivity contribution in [3.8, 4) is 0 Å². The lowest BCUT2D eigenvalue weighted by Crippen LogP contribution is -2.49. The first-order valence-corrected chi connectivity index (χ1v) is 7.01. The highest BCUT2D eigenvalue weighted by atomic mass is 79.9. The third-order valence-corrected chi connectivity index (χ3v) is 3.91. The predicted octanol–water partition coefficient (Wildman–Crippen LogP) is 2.42. The van der Waals surface area contributed by atoms with Gasteiger partial charge >= 0.3 is 0 Å². The van der Waals surface area contributed by atoms with E-state index in [9.17, 15) is 4.79 Å². The molecular formula is C9H18BrNOS. The average molecular weight is 268 g/mol. The topological polar surface area (TPSA) is 29.1 Å². The summed E-state index contributed by atoms with van der Waals surface area (Å²) in [6, 6.07) is 0. The first-order chi connectivity index (χ1) is 6.14. The van der Waals surface area contributed by atoms with Gasteiger partial charge in [-0.05, 0) is 19.1 Å². The normalized spacial score (nSPS) is 11.4. The zero-order valence-electron chi connectivity index (χ0n) is 8.52. The molecule has 4 heteroatoms. The molecule has 0 fully saturated rings. The Kier molecular flexibility index (Phi) is 6.86. The summed E-state index contributed by atoms with van der Waals surface area (Å²) in [4.78, 5) is 11.4. The molecule has 2 nitrogen and oxygen atoms in total. The second-order valence-corrected chi connectivity index (χ2v) is 4.53. The van der Waals surface area contributed by atoms with Gasteiger partial charge in [0.15, 0.2) is 0 Å². The third-order valence-electron chi connectivity index (χ3n) is 2.29. The van der Waals surface area contributed by atoms with Crippen molar-refractivity contribution in [3.63, 3.8) is 0 Å². The van der Waals surface area contributed by atoms with Gasteiger partial charge in [-0.25, -0.2) is 0 Å². The molecule has 0 aromatic heterocycles. The molecular weight excluding hydrogens is 250 g/mol. The Hall–Kier alpha value is 0.300. The molecule has 78 valence electrons. The van der Waals surface area contributed by atoms with E-state index in [0.717, 1.165) is 18.2 Å². The number of hydrogen-bond donors (Lipinski definition) is 1. The minimum Gasteiger partial charge on any atom is -0.349 e. The summed E-state index contributed by atoms with van der Waals surface area (Å²) >= 11 is 5.01. The van der Waals surface area contributed by atoms with E-state index >= 15 is 0 Å². The van der Waals surface area contributed by atoms with Crippen molar-refractivity contribution in [2.45, 2.75) is 32.2 Å². The summed E-state index contributed by atoms with van der Waals surface area (Å²) in [5.74, 6) is 0.685. The van der Waals surface area contributed by atoms with Gasteiger partial charge in [0.25, 0.3) is 0 Å². The number of halogens is 1. The van der Waals surface area contributed by atoms with Crippen molar-refractivity contribution in [2.75, 3.05) is 17.3 Å². The molecule has 0 unspecified atom stereocenters. The second-order valence-electron chi connectivity index (χ2n) is 3.10. The zero-order chi connectivity index (χ0) is 10.3. The van der Waals surface area contributed by atoms with Crippen molar-refractivity contribution in [1.82, 2.24) is 5.32 Å². The van der Waals surface area contributed by atoms with E-state index in [1.807, 2.05) is 6.26 Å². The Morgan fingerprint density at radius 1 is 1.46 bits per heavy atom. The Morgan fingerprint density at radius 3 is 2.31 bits per heavy atom. The van der Waals surface area contributed by atoms with Crippen LogP contribution in [-0.2, 0) is 4.79 Å². The molecule has 0 aromatic rings. The van der Waals surface area contributed by atoms with Crippen LogP contribution in [0, 0.1) is 0 Å². The maximum Gasteiger partial charge on any atom is 0.230 e. The van der Waals surface area contributed by atoms with E-state index in [1.54, 1.807) is 11.8 Å². The van der Waals surface area contributed by atoms with Crippen molar-refractivity contribution in [2.24, 2.45) is 0 Å². The molecule has 0 aliphatic rings. The van der Waals surface area contributed by atoms with E-state index in [-0.39, 0.29) is 11.4 Å². The van der Waals surface area contributed by atoms with E-state index < -0.39 is 0 Å². The lowest BCUT2D eigenvalue weighted by molar-refractivity contribution is -0.120. The maximum atomic E-state index is 11.4. The summed E-state index contributed by atoms with van der Waals surface area (Å²) in [5, 5.41) is 3.90. The first-order valence-electron chi connectivity index (χ1n) is 4.50. The Balaban J connectivity index is 4.16. The average Bonchev–Trinajstić information content (AvgIpc) is 2.15. The van der Waals surface area contributed by atoms with Gasteiger partial charge in [0.05, 0.1) is 5.75 Å². The van der Waals surface area contributed by atoms with E-state index in [4.69, 9.17) is 0 Å². The lowest BCUT2D eigenvalue weighted by atomic mass is 9.95. The van der Waals surface area contributed by atoms with Crippen molar-refractivity contribution < 1.29 is 4.79 Å². The Morgan fingerprint density at radius 2 is 2.00 bits per heavy atom. The molecule has 0 rings (SSSR count). The fourth-order valence-electron chi connectivity index (χ4n) is 1.11. The number of nitrogens with one attached hydrogen (secondary N) is 1. The summed E-state index contributed by atoms with van der Waals surface area (Å²) in [6.45, 7) is 4.20. The maximum absolute atomic E-state index is 11.4.